The molecule has 1 aliphatic rings. The molecule has 0 atom stereocenters. The molecule has 0 aromatic heterocycles. The summed E-state index contributed by atoms with van der Waals surface area (Å²) < 4.78 is 16.5. The number of fused-ring (bicyclic) bond motifs is 1. The highest BCUT2D eigenvalue weighted by atomic mass is 16.7. The van der Waals surface area contributed by atoms with Crippen molar-refractivity contribution in [3.63, 3.8) is 0 Å². The Kier molecular flexibility index (Phi) is 7.31. The van der Waals surface area contributed by atoms with Crippen LogP contribution in [0, 0.1) is 0 Å². The standard InChI is InChI=1S/C30H26N2O5/c33-29(23-12-17-27-28(20-23)36-21-35-27)31-18-7-19-32(30(34)22-8-3-1-4-9-22)24-13-15-26(16-14-24)37-25-10-5-2-6-11-25/h1-6,8-17,20H,7,18-19,21H2,(H,31,33). The van der Waals surface area contributed by atoms with Crippen LogP contribution in [0.25, 0.3) is 0 Å². The monoisotopic (exact) mass is 494 g/mol. The van der Waals surface area contributed by atoms with Crippen LogP contribution in [-0.2, 0) is 0 Å². The highest BCUT2D eigenvalue weighted by Gasteiger charge is 2.19. The zero-order valence-electron chi connectivity index (χ0n) is 20.1. The number of ether oxygens (including phenoxy) is 3. The van der Waals surface area contributed by atoms with Crippen LogP contribution in [0.1, 0.15) is 27.1 Å². The zero-order valence-corrected chi connectivity index (χ0v) is 20.1. The van der Waals surface area contributed by atoms with Gasteiger partial charge in [0.1, 0.15) is 11.5 Å². The van der Waals surface area contributed by atoms with Crippen LogP contribution >= 0.6 is 0 Å². The van der Waals surface area contributed by atoms with Gasteiger partial charge < -0.3 is 24.4 Å². The number of amides is 2. The molecule has 0 fully saturated rings. The predicted molar refractivity (Wildman–Crippen MR) is 141 cm³/mol. The summed E-state index contributed by atoms with van der Waals surface area (Å²) in [5.74, 6) is 2.29. The van der Waals surface area contributed by atoms with Crippen molar-refractivity contribution in [1.29, 1.82) is 0 Å². The summed E-state index contributed by atoms with van der Waals surface area (Å²) in [5.41, 5.74) is 1.84. The number of nitrogens with one attached hydrogen (secondary N) is 1. The number of hydrogen-bond acceptors (Lipinski definition) is 5. The smallest absolute Gasteiger partial charge is 0.258 e. The van der Waals surface area contributed by atoms with Crippen molar-refractivity contribution >= 4 is 17.5 Å². The molecule has 1 N–H and O–H groups in total. The van der Waals surface area contributed by atoms with E-state index in [0.717, 1.165) is 11.4 Å². The van der Waals surface area contributed by atoms with E-state index in [1.54, 1.807) is 35.2 Å². The van der Waals surface area contributed by atoms with Crippen LogP contribution in [0.2, 0.25) is 0 Å². The molecule has 0 spiro atoms. The Morgan fingerprint density at radius 2 is 1.43 bits per heavy atom. The Bertz CT molecular complexity index is 1360. The Balaban J connectivity index is 1.24. The van der Waals surface area contributed by atoms with E-state index in [4.69, 9.17) is 14.2 Å². The van der Waals surface area contributed by atoms with Crippen LogP contribution in [0.15, 0.2) is 103 Å². The van der Waals surface area contributed by atoms with E-state index >= 15 is 0 Å². The van der Waals surface area contributed by atoms with Gasteiger partial charge >= 0.3 is 0 Å². The molecule has 0 saturated carbocycles. The summed E-state index contributed by atoms with van der Waals surface area (Å²) in [7, 11) is 0. The molecule has 2 amide bonds. The van der Waals surface area contributed by atoms with Gasteiger partial charge in [-0.1, -0.05) is 36.4 Å². The SMILES string of the molecule is O=C(NCCCN(C(=O)c1ccccc1)c1ccc(Oc2ccccc2)cc1)c1ccc2c(c1)OCO2. The van der Waals surface area contributed by atoms with Gasteiger partial charge in [0, 0.05) is 29.9 Å². The van der Waals surface area contributed by atoms with Crippen molar-refractivity contribution in [2.24, 2.45) is 0 Å². The first kappa shape index (κ1) is 23.9. The Morgan fingerprint density at radius 3 is 2.19 bits per heavy atom. The van der Waals surface area contributed by atoms with E-state index in [9.17, 15) is 9.59 Å². The van der Waals surface area contributed by atoms with Gasteiger partial charge in [0.2, 0.25) is 6.79 Å². The Hall–Kier alpha value is -4.78. The number of para-hydroxylation sites is 1. The van der Waals surface area contributed by atoms with E-state index in [1.165, 1.54) is 0 Å². The lowest BCUT2D eigenvalue weighted by Gasteiger charge is -2.23. The fourth-order valence-electron chi connectivity index (χ4n) is 3.98. The van der Waals surface area contributed by atoms with E-state index < -0.39 is 0 Å². The molecule has 7 nitrogen and oxygen atoms in total. The third kappa shape index (κ3) is 5.90. The maximum Gasteiger partial charge on any atom is 0.258 e. The number of carbonyl (C=O) groups is 2. The van der Waals surface area contributed by atoms with Crippen LogP contribution < -0.4 is 24.4 Å². The third-order valence-electron chi connectivity index (χ3n) is 5.87. The van der Waals surface area contributed by atoms with E-state index in [0.29, 0.717) is 47.9 Å². The first-order valence-electron chi connectivity index (χ1n) is 12.0. The number of benzene rings is 4. The van der Waals surface area contributed by atoms with Gasteiger partial charge in [0.05, 0.1) is 0 Å². The average Bonchev–Trinajstić information content (AvgIpc) is 3.42. The summed E-state index contributed by atoms with van der Waals surface area (Å²) >= 11 is 0. The quantitative estimate of drug-likeness (QED) is 0.303. The van der Waals surface area contributed by atoms with Crippen LogP contribution in [0.3, 0.4) is 0 Å². The fourth-order valence-corrected chi connectivity index (χ4v) is 3.98. The van der Waals surface area contributed by atoms with Crippen molar-refractivity contribution in [3.8, 4) is 23.0 Å². The number of carbonyl (C=O) groups excluding carboxylic acids is 2. The second-order valence-corrected chi connectivity index (χ2v) is 8.41. The number of hydrogen-bond donors (Lipinski definition) is 1. The first-order chi connectivity index (χ1) is 18.2. The van der Waals surface area contributed by atoms with Crippen LogP contribution in [-0.4, -0.2) is 31.7 Å². The minimum atomic E-state index is -0.207. The van der Waals surface area contributed by atoms with Crippen molar-refractivity contribution < 1.29 is 23.8 Å². The molecular weight excluding hydrogens is 468 g/mol. The second-order valence-electron chi connectivity index (χ2n) is 8.41. The zero-order chi connectivity index (χ0) is 25.5. The molecule has 0 aliphatic carbocycles. The molecule has 186 valence electrons. The molecule has 5 rings (SSSR count). The lowest BCUT2D eigenvalue weighted by atomic mass is 10.1. The fraction of sp³-hybridized carbons (Fsp3) is 0.133. The molecule has 4 aromatic rings. The third-order valence-corrected chi connectivity index (χ3v) is 5.87. The maximum atomic E-state index is 13.4. The summed E-state index contributed by atoms with van der Waals surface area (Å²) in [6.07, 6.45) is 0.567. The molecule has 0 unspecified atom stereocenters. The minimum absolute atomic E-state index is 0.112. The Morgan fingerprint density at radius 1 is 0.757 bits per heavy atom. The highest BCUT2D eigenvalue weighted by Crippen LogP contribution is 2.32. The second kappa shape index (κ2) is 11.3. The summed E-state index contributed by atoms with van der Waals surface area (Å²) in [4.78, 5) is 27.7. The van der Waals surface area contributed by atoms with Gasteiger partial charge in [-0.2, -0.15) is 0 Å². The molecular formula is C30H26N2O5. The number of nitrogens with zero attached hydrogens (tertiary/aromatic N) is 1. The van der Waals surface area contributed by atoms with Gasteiger partial charge in [-0.25, -0.2) is 0 Å². The molecule has 1 heterocycles. The topological polar surface area (TPSA) is 77.1 Å². The van der Waals surface area contributed by atoms with Gasteiger partial charge in [0.25, 0.3) is 11.8 Å². The maximum absolute atomic E-state index is 13.4. The molecule has 0 saturated heterocycles. The van der Waals surface area contributed by atoms with Gasteiger partial charge in [-0.05, 0) is 73.2 Å². The molecule has 0 bridgehead atoms. The number of rotatable bonds is 9. The number of anilines is 1. The van der Waals surface area contributed by atoms with Crippen LogP contribution in [0.4, 0.5) is 5.69 Å². The normalized spacial score (nSPS) is 11.6. The lowest BCUT2D eigenvalue weighted by Crippen LogP contribution is -2.34. The lowest BCUT2D eigenvalue weighted by molar-refractivity contribution is 0.0953. The molecule has 0 radical (unpaired) electrons. The van der Waals surface area contributed by atoms with Crippen LogP contribution in [0.5, 0.6) is 23.0 Å². The summed E-state index contributed by atoms with van der Waals surface area (Å²) in [5, 5.41) is 2.92. The molecule has 1 aliphatic heterocycles. The predicted octanol–water partition coefficient (Wildman–Crippen LogP) is 5.67. The molecule has 4 aromatic carbocycles. The van der Waals surface area contributed by atoms with E-state index in [2.05, 4.69) is 5.32 Å². The van der Waals surface area contributed by atoms with Gasteiger partial charge in [-0.3, -0.25) is 9.59 Å². The summed E-state index contributed by atoms with van der Waals surface area (Å²) in [6, 6.07) is 31.2. The average molecular weight is 495 g/mol. The van der Waals surface area contributed by atoms with Gasteiger partial charge in [0.15, 0.2) is 11.5 Å². The van der Waals surface area contributed by atoms with E-state index in [-0.39, 0.29) is 18.6 Å². The first-order valence-corrected chi connectivity index (χ1v) is 12.0. The molecule has 37 heavy (non-hydrogen) atoms. The van der Waals surface area contributed by atoms with Crippen molar-refractivity contribution in [2.75, 3.05) is 24.8 Å². The molecule has 7 heteroatoms. The van der Waals surface area contributed by atoms with Crippen molar-refractivity contribution in [2.45, 2.75) is 6.42 Å². The van der Waals surface area contributed by atoms with Crippen molar-refractivity contribution in [1.82, 2.24) is 5.32 Å². The Labute approximate surface area is 215 Å². The highest BCUT2D eigenvalue weighted by molar-refractivity contribution is 6.06. The summed E-state index contributed by atoms with van der Waals surface area (Å²) in [6.45, 7) is 0.986. The van der Waals surface area contributed by atoms with E-state index in [1.807, 2.05) is 72.8 Å². The van der Waals surface area contributed by atoms with Crippen molar-refractivity contribution in [3.05, 3.63) is 114 Å². The minimum Gasteiger partial charge on any atom is -0.457 e. The van der Waals surface area contributed by atoms with Gasteiger partial charge in [-0.15, -0.1) is 0 Å². The largest absolute Gasteiger partial charge is 0.457 e.